The minimum atomic E-state index is -0.221. The Morgan fingerprint density at radius 2 is 1.75 bits per heavy atom. The largest absolute Gasteiger partial charge is 0.293 e. The van der Waals surface area contributed by atoms with Crippen molar-refractivity contribution in [2.45, 2.75) is 38.9 Å². The molecule has 0 heterocycles. The minimum Gasteiger partial charge on any atom is -0.293 e. The molecule has 0 bridgehead atoms. The van der Waals surface area contributed by atoms with Gasteiger partial charge < -0.3 is 0 Å². The Morgan fingerprint density at radius 3 is 2.19 bits per heavy atom. The van der Waals surface area contributed by atoms with Gasteiger partial charge in [-0.2, -0.15) is 12.6 Å². The zero-order valence-electron chi connectivity index (χ0n) is 10.2. The maximum atomic E-state index is 11.6. The first-order valence-electron chi connectivity index (χ1n) is 5.82. The number of thiol groups is 1. The van der Waals surface area contributed by atoms with Crippen molar-refractivity contribution in [2.75, 3.05) is 0 Å². The minimum absolute atomic E-state index is 0.0961. The molecule has 1 nitrogen and oxygen atoms in total. The van der Waals surface area contributed by atoms with Gasteiger partial charge in [-0.1, -0.05) is 38.1 Å². The first kappa shape index (κ1) is 13.3. The van der Waals surface area contributed by atoms with Gasteiger partial charge >= 0.3 is 0 Å². The Kier molecular flexibility index (Phi) is 5.07. The zero-order chi connectivity index (χ0) is 12.1. The summed E-state index contributed by atoms with van der Waals surface area (Å²) < 4.78 is 0. The summed E-state index contributed by atoms with van der Waals surface area (Å²) in [7, 11) is 0. The molecule has 0 spiro atoms. The first-order chi connectivity index (χ1) is 7.50. The molecule has 0 fully saturated rings. The van der Waals surface area contributed by atoms with E-state index in [1.807, 2.05) is 24.3 Å². The third-order valence-corrected chi connectivity index (χ3v) is 2.86. The number of benzene rings is 1. The molecule has 88 valence electrons. The number of Topliss-reactive ketones (excluding diaryl/α,β-unsaturated/α-hetero) is 1. The van der Waals surface area contributed by atoms with Gasteiger partial charge in [0.05, 0.1) is 5.25 Å². The van der Waals surface area contributed by atoms with Gasteiger partial charge in [-0.25, -0.2) is 0 Å². The zero-order valence-corrected chi connectivity index (χ0v) is 11.1. The lowest BCUT2D eigenvalue weighted by Gasteiger charge is -2.07. The third kappa shape index (κ3) is 4.01. The maximum Gasteiger partial charge on any atom is 0.175 e. The molecule has 0 aliphatic rings. The van der Waals surface area contributed by atoms with E-state index in [2.05, 4.69) is 26.5 Å². The molecule has 1 aromatic rings. The molecular weight excluding hydrogens is 216 g/mol. The Morgan fingerprint density at radius 1 is 1.19 bits per heavy atom. The number of aryl methyl sites for hydroxylation is 1. The summed E-state index contributed by atoms with van der Waals surface area (Å²) >= 11 is 4.15. The second-order valence-electron chi connectivity index (χ2n) is 4.67. The molecule has 0 aromatic heterocycles. The molecule has 0 aliphatic carbocycles. The van der Waals surface area contributed by atoms with Gasteiger partial charge in [-0.05, 0) is 31.2 Å². The predicted molar refractivity (Wildman–Crippen MR) is 72.4 cm³/mol. The van der Waals surface area contributed by atoms with Crippen molar-refractivity contribution in [2.24, 2.45) is 5.92 Å². The Labute approximate surface area is 104 Å². The second-order valence-corrected chi connectivity index (χ2v) is 5.44. The highest BCUT2D eigenvalue weighted by molar-refractivity contribution is 7.81. The van der Waals surface area contributed by atoms with Crippen LogP contribution in [0.1, 0.15) is 43.1 Å². The summed E-state index contributed by atoms with van der Waals surface area (Å²) in [6, 6.07) is 7.91. The van der Waals surface area contributed by atoms with Crippen LogP contribution >= 0.6 is 12.6 Å². The number of hydrogen-bond acceptors (Lipinski definition) is 2. The van der Waals surface area contributed by atoms with Crippen LogP contribution in [0.4, 0.5) is 0 Å². The fourth-order valence-electron chi connectivity index (χ4n) is 1.53. The molecule has 0 N–H and O–H groups in total. The third-order valence-electron chi connectivity index (χ3n) is 2.63. The summed E-state index contributed by atoms with van der Waals surface area (Å²) in [5.74, 6) is 0.817. The fraction of sp³-hybridized carbons (Fsp3) is 0.500. The molecule has 0 saturated carbocycles. The van der Waals surface area contributed by atoms with Crippen LogP contribution in [-0.4, -0.2) is 11.0 Å². The quantitative estimate of drug-likeness (QED) is 0.608. The van der Waals surface area contributed by atoms with Crippen molar-refractivity contribution in [1.82, 2.24) is 0 Å². The van der Waals surface area contributed by atoms with E-state index in [0.29, 0.717) is 0 Å². The number of rotatable bonds is 5. The van der Waals surface area contributed by atoms with Crippen molar-refractivity contribution in [1.29, 1.82) is 0 Å². The van der Waals surface area contributed by atoms with E-state index in [9.17, 15) is 4.79 Å². The predicted octanol–water partition coefficient (Wildman–Crippen LogP) is 3.78. The smallest absolute Gasteiger partial charge is 0.175 e. The van der Waals surface area contributed by atoms with Crippen LogP contribution < -0.4 is 0 Å². The maximum absolute atomic E-state index is 11.6. The van der Waals surface area contributed by atoms with Crippen molar-refractivity contribution in [3.63, 3.8) is 0 Å². The molecule has 2 heteroatoms. The number of carbonyl (C=O) groups is 1. The van der Waals surface area contributed by atoms with Crippen LogP contribution in [0.3, 0.4) is 0 Å². The van der Waals surface area contributed by atoms with E-state index in [1.54, 1.807) is 6.92 Å². The molecule has 16 heavy (non-hydrogen) atoms. The molecule has 1 aromatic carbocycles. The van der Waals surface area contributed by atoms with Crippen LogP contribution in [-0.2, 0) is 6.42 Å². The van der Waals surface area contributed by atoms with Gasteiger partial charge in [0.1, 0.15) is 0 Å². The van der Waals surface area contributed by atoms with Crippen LogP contribution in [0.25, 0.3) is 0 Å². The fourth-order valence-corrected chi connectivity index (χ4v) is 1.68. The summed E-state index contributed by atoms with van der Waals surface area (Å²) in [6.45, 7) is 6.25. The lowest BCUT2D eigenvalue weighted by molar-refractivity contribution is 0.0994. The summed E-state index contributed by atoms with van der Waals surface area (Å²) in [4.78, 5) is 11.6. The molecular formula is C14H20OS. The molecule has 0 saturated heterocycles. The molecule has 1 atom stereocenters. The lowest BCUT2D eigenvalue weighted by atomic mass is 10.0. The normalized spacial score (nSPS) is 12.8. The van der Waals surface area contributed by atoms with Crippen molar-refractivity contribution < 1.29 is 4.79 Å². The number of carbonyl (C=O) groups excluding carboxylic acids is 1. The van der Waals surface area contributed by atoms with E-state index in [1.165, 1.54) is 12.0 Å². The lowest BCUT2D eigenvalue weighted by Crippen LogP contribution is -2.10. The summed E-state index contributed by atoms with van der Waals surface area (Å²) in [5, 5.41) is -0.221. The van der Waals surface area contributed by atoms with Gasteiger partial charge in [0.25, 0.3) is 0 Å². The highest BCUT2D eigenvalue weighted by Gasteiger charge is 2.10. The van der Waals surface area contributed by atoms with Gasteiger partial charge in [0.2, 0.25) is 0 Å². The monoisotopic (exact) mass is 236 g/mol. The van der Waals surface area contributed by atoms with Crippen molar-refractivity contribution in [3.05, 3.63) is 35.4 Å². The second kappa shape index (κ2) is 6.09. The van der Waals surface area contributed by atoms with Gasteiger partial charge in [-0.3, -0.25) is 4.79 Å². The van der Waals surface area contributed by atoms with E-state index >= 15 is 0 Å². The van der Waals surface area contributed by atoms with Crippen LogP contribution in [0.2, 0.25) is 0 Å². The molecule has 0 aliphatic heterocycles. The van der Waals surface area contributed by atoms with Crippen LogP contribution in [0, 0.1) is 5.92 Å². The topological polar surface area (TPSA) is 17.1 Å². The Hall–Kier alpha value is -0.760. The van der Waals surface area contributed by atoms with E-state index in [-0.39, 0.29) is 11.0 Å². The highest BCUT2D eigenvalue weighted by atomic mass is 32.1. The van der Waals surface area contributed by atoms with Crippen molar-refractivity contribution in [3.8, 4) is 0 Å². The van der Waals surface area contributed by atoms with Gasteiger partial charge in [0, 0.05) is 5.56 Å². The average molecular weight is 236 g/mol. The molecule has 1 rings (SSSR count). The van der Waals surface area contributed by atoms with E-state index < -0.39 is 0 Å². The summed E-state index contributed by atoms with van der Waals surface area (Å²) in [6.07, 6.45) is 2.28. The molecule has 1 unspecified atom stereocenters. The number of hydrogen-bond donors (Lipinski definition) is 1. The van der Waals surface area contributed by atoms with E-state index in [4.69, 9.17) is 0 Å². The Balaban J connectivity index is 2.64. The Bertz CT molecular complexity index is 338. The summed E-state index contributed by atoms with van der Waals surface area (Å²) in [5.41, 5.74) is 2.06. The number of ketones is 1. The van der Waals surface area contributed by atoms with Crippen LogP contribution in [0.15, 0.2) is 24.3 Å². The molecule has 0 amide bonds. The highest BCUT2D eigenvalue weighted by Crippen LogP contribution is 2.13. The van der Waals surface area contributed by atoms with Crippen LogP contribution in [0.5, 0.6) is 0 Å². The first-order valence-corrected chi connectivity index (χ1v) is 6.33. The SMILES string of the molecule is CC(C)CCc1ccc(C(=O)C(C)S)cc1. The van der Waals surface area contributed by atoms with Gasteiger partial charge in [0.15, 0.2) is 5.78 Å². The van der Waals surface area contributed by atoms with Crippen molar-refractivity contribution >= 4 is 18.4 Å². The van der Waals surface area contributed by atoms with E-state index in [0.717, 1.165) is 17.9 Å². The molecule has 0 radical (unpaired) electrons. The average Bonchev–Trinajstić information content (AvgIpc) is 2.26. The standard InChI is InChI=1S/C14H20OS/c1-10(2)4-5-12-6-8-13(9-7-12)14(15)11(3)16/h6-11,16H,4-5H2,1-3H3. The van der Waals surface area contributed by atoms with Gasteiger partial charge in [-0.15, -0.1) is 0 Å².